The minimum absolute atomic E-state index is 0.107. The van der Waals surface area contributed by atoms with Crippen LogP contribution in [-0.2, 0) is 9.53 Å². The van der Waals surface area contributed by atoms with Gasteiger partial charge in [-0.25, -0.2) is 9.97 Å². The van der Waals surface area contributed by atoms with Crippen LogP contribution in [0.3, 0.4) is 0 Å². The second-order valence-electron chi connectivity index (χ2n) is 4.65. The summed E-state index contributed by atoms with van der Waals surface area (Å²) >= 11 is 0. The van der Waals surface area contributed by atoms with Crippen molar-refractivity contribution in [2.75, 3.05) is 51.8 Å². The van der Waals surface area contributed by atoms with Crippen molar-refractivity contribution >= 4 is 18.3 Å². The molecule has 0 aromatic carbocycles. The van der Waals surface area contributed by atoms with Gasteiger partial charge >= 0.3 is 0 Å². The average Bonchev–Trinajstić information content (AvgIpc) is 2.55. The molecule has 1 aliphatic rings. The Bertz CT molecular complexity index is 471. The summed E-state index contributed by atoms with van der Waals surface area (Å²) in [4.78, 5) is 34.5. The Morgan fingerprint density at radius 1 is 1.33 bits per heavy atom. The highest BCUT2D eigenvalue weighted by molar-refractivity contribution is 5.93. The lowest BCUT2D eigenvalue weighted by atomic mass is 10.2. The number of nitrogens with one attached hydrogen (secondary N) is 1. The van der Waals surface area contributed by atoms with E-state index in [2.05, 4.69) is 15.3 Å². The highest BCUT2D eigenvalue weighted by atomic mass is 16.5. The molecule has 0 unspecified atom stereocenters. The normalized spacial score (nSPS) is 14.9. The van der Waals surface area contributed by atoms with Gasteiger partial charge in [0.05, 0.1) is 12.2 Å². The van der Waals surface area contributed by atoms with Gasteiger partial charge < -0.3 is 19.9 Å². The fourth-order valence-corrected chi connectivity index (χ4v) is 2.01. The maximum atomic E-state index is 12.3. The maximum absolute atomic E-state index is 12.3. The first kappa shape index (κ1) is 15.2. The van der Waals surface area contributed by atoms with E-state index in [0.717, 1.165) is 6.41 Å². The summed E-state index contributed by atoms with van der Waals surface area (Å²) < 4.78 is 4.92. The number of hydrogen-bond donors (Lipinski definition) is 1. The molecule has 0 bridgehead atoms. The molecule has 0 saturated carbocycles. The van der Waals surface area contributed by atoms with Crippen molar-refractivity contribution in [2.24, 2.45) is 0 Å². The minimum Gasteiger partial charge on any atom is -0.383 e. The largest absolute Gasteiger partial charge is 0.383 e. The lowest BCUT2D eigenvalue weighted by Gasteiger charge is -2.32. The fourth-order valence-electron chi connectivity index (χ4n) is 2.01. The predicted octanol–water partition coefficient (Wildman–Crippen LogP) is -0.551. The van der Waals surface area contributed by atoms with Gasteiger partial charge in [-0.15, -0.1) is 0 Å². The summed E-state index contributed by atoms with van der Waals surface area (Å²) in [5.74, 6) is 0.360. The second-order valence-corrected chi connectivity index (χ2v) is 4.65. The Kier molecular flexibility index (Phi) is 5.44. The molecule has 1 aromatic rings. The van der Waals surface area contributed by atoms with E-state index in [9.17, 15) is 9.59 Å². The molecule has 1 saturated heterocycles. The number of rotatable bonds is 6. The summed E-state index contributed by atoms with van der Waals surface area (Å²) in [6.45, 7) is 3.36. The summed E-state index contributed by atoms with van der Waals surface area (Å²) in [6.07, 6.45) is 3.83. The molecule has 0 aliphatic carbocycles. The van der Waals surface area contributed by atoms with Gasteiger partial charge in [0.15, 0.2) is 0 Å². The number of methoxy groups -OCH3 is 1. The Labute approximate surface area is 123 Å². The summed E-state index contributed by atoms with van der Waals surface area (Å²) in [5.41, 5.74) is 0.451. The Morgan fingerprint density at radius 3 is 2.57 bits per heavy atom. The number of amides is 2. The van der Waals surface area contributed by atoms with Crippen LogP contribution in [0.1, 0.15) is 10.4 Å². The lowest BCUT2D eigenvalue weighted by molar-refractivity contribution is -0.119. The highest BCUT2D eigenvalue weighted by Crippen LogP contribution is 2.07. The molecule has 1 N–H and O–H groups in total. The highest BCUT2D eigenvalue weighted by Gasteiger charge is 2.21. The summed E-state index contributed by atoms with van der Waals surface area (Å²) in [7, 11) is 1.62. The van der Waals surface area contributed by atoms with E-state index in [0.29, 0.717) is 50.8 Å². The second kappa shape index (κ2) is 7.53. The zero-order chi connectivity index (χ0) is 15.1. The van der Waals surface area contributed by atoms with Crippen LogP contribution < -0.4 is 5.32 Å². The number of ether oxygens (including phenoxy) is 1. The molecule has 0 atom stereocenters. The Balaban J connectivity index is 1.89. The molecule has 2 rings (SSSR count). The third-order valence-electron chi connectivity index (χ3n) is 3.24. The summed E-state index contributed by atoms with van der Waals surface area (Å²) in [5, 5.41) is 2.99. The third-order valence-corrected chi connectivity index (χ3v) is 3.24. The third kappa shape index (κ3) is 4.12. The molecule has 1 aliphatic heterocycles. The molecule has 0 spiro atoms. The monoisotopic (exact) mass is 293 g/mol. The van der Waals surface area contributed by atoms with Crippen molar-refractivity contribution in [3.05, 3.63) is 18.0 Å². The van der Waals surface area contributed by atoms with Crippen LogP contribution in [0, 0.1) is 0 Å². The van der Waals surface area contributed by atoms with Gasteiger partial charge in [-0.2, -0.15) is 0 Å². The van der Waals surface area contributed by atoms with Crippen LogP contribution in [0.15, 0.2) is 12.4 Å². The van der Waals surface area contributed by atoms with Crippen molar-refractivity contribution in [1.82, 2.24) is 19.8 Å². The van der Waals surface area contributed by atoms with Gasteiger partial charge in [0.25, 0.3) is 5.91 Å². The van der Waals surface area contributed by atoms with Crippen LogP contribution in [0.2, 0.25) is 0 Å². The van der Waals surface area contributed by atoms with E-state index in [1.807, 2.05) is 0 Å². The SMILES string of the molecule is COCCNc1ncc(C(=O)N2CCN(C=O)CC2)cn1. The van der Waals surface area contributed by atoms with E-state index in [-0.39, 0.29) is 5.91 Å². The van der Waals surface area contributed by atoms with Crippen LogP contribution in [0.4, 0.5) is 5.95 Å². The topological polar surface area (TPSA) is 87.7 Å². The van der Waals surface area contributed by atoms with Gasteiger partial charge in [0.1, 0.15) is 0 Å². The van der Waals surface area contributed by atoms with Gasteiger partial charge in [0, 0.05) is 52.2 Å². The molecule has 21 heavy (non-hydrogen) atoms. The van der Waals surface area contributed by atoms with Crippen LogP contribution in [-0.4, -0.2) is 78.5 Å². The number of carbonyl (C=O) groups is 2. The van der Waals surface area contributed by atoms with Crippen LogP contribution in [0.5, 0.6) is 0 Å². The van der Waals surface area contributed by atoms with E-state index in [1.54, 1.807) is 16.9 Å². The van der Waals surface area contributed by atoms with Gasteiger partial charge in [0.2, 0.25) is 12.4 Å². The number of nitrogens with zero attached hydrogens (tertiary/aromatic N) is 4. The maximum Gasteiger partial charge on any atom is 0.257 e. The van der Waals surface area contributed by atoms with E-state index in [1.165, 1.54) is 12.4 Å². The van der Waals surface area contributed by atoms with Gasteiger partial charge in [-0.3, -0.25) is 9.59 Å². The summed E-state index contributed by atoms with van der Waals surface area (Å²) in [6, 6.07) is 0. The van der Waals surface area contributed by atoms with Crippen molar-refractivity contribution in [3.8, 4) is 0 Å². The quantitative estimate of drug-likeness (QED) is 0.559. The molecule has 8 nitrogen and oxygen atoms in total. The molecule has 2 heterocycles. The van der Waals surface area contributed by atoms with E-state index >= 15 is 0 Å². The first-order valence-corrected chi connectivity index (χ1v) is 6.78. The first-order chi connectivity index (χ1) is 10.2. The van der Waals surface area contributed by atoms with Gasteiger partial charge in [-0.05, 0) is 0 Å². The molecular weight excluding hydrogens is 274 g/mol. The van der Waals surface area contributed by atoms with Crippen molar-refractivity contribution < 1.29 is 14.3 Å². The molecule has 8 heteroatoms. The van der Waals surface area contributed by atoms with Crippen molar-refractivity contribution in [2.45, 2.75) is 0 Å². The lowest BCUT2D eigenvalue weighted by Crippen LogP contribution is -2.48. The standard InChI is InChI=1S/C13H19N5O3/c1-21-7-2-14-13-15-8-11(9-16-13)12(20)18-5-3-17(10-19)4-6-18/h8-10H,2-7H2,1H3,(H,14,15,16). The number of aromatic nitrogens is 2. The minimum atomic E-state index is -0.107. The predicted molar refractivity (Wildman–Crippen MR) is 75.9 cm³/mol. The van der Waals surface area contributed by atoms with Gasteiger partial charge in [-0.1, -0.05) is 0 Å². The first-order valence-electron chi connectivity index (χ1n) is 6.78. The number of piperazine rings is 1. The molecule has 1 fully saturated rings. The van der Waals surface area contributed by atoms with Crippen molar-refractivity contribution in [3.63, 3.8) is 0 Å². The average molecular weight is 293 g/mol. The van der Waals surface area contributed by atoms with Crippen LogP contribution in [0.25, 0.3) is 0 Å². The molecule has 114 valence electrons. The molecule has 2 amide bonds. The smallest absolute Gasteiger partial charge is 0.257 e. The van der Waals surface area contributed by atoms with Crippen molar-refractivity contribution in [1.29, 1.82) is 0 Å². The zero-order valence-corrected chi connectivity index (χ0v) is 12.0. The van der Waals surface area contributed by atoms with E-state index in [4.69, 9.17) is 4.74 Å². The van der Waals surface area contributed by atoms with Crippen LogP contribution >= 0.6 is 0 Å². The molecule has 0 radical (unpaired) electrons. The molecular formula is C13H19N5O3. The molecule has 1 aromatic heterocycles. The van der Waals surface area contributed by atoms with E-state index < -0.39 is 0 Å². The number of hydrogen-bond acceptors (Lipinski definition) is 6. The fraction of sp³-hybridized carbons (Fsp3) is 0.538. The zero-order valence-electron chi connectivity index (χ0n) is 12.0. The Morgan fingerprint density at radius 2 is 2.00 bits per heavy atom. The number of carbonyl (C=O) groups excluding carboxylic acids is 2. The Hall–Kier alpha value is -2.22. The number of anilines is 1.